The Morgan fingerprint density at radius 2 is 1.79 bits per heavy atom. The zero-order valence-corrected chi connectivity index (χ0v) is 14.2. The van der Waals surface area contributed by atoms with E-state index in [0.717, 1.165) is 22.2 Å². The Morgan fingerprint density at radius 3 is 2.50 bits per heavy atom. The van der Waals surface area contributed by atoms with Crippen LogP contribution in [0.15, 0.2) is 41.2 Å². The fourth-order valence-corrected chi connectivity index (χ4v) is 2.64. The number of hydrogen-bond donors (Lipinski definition) is 1. The molecule has 0 aliphatic heterocycles. The first-order chi connectivity index (χ1) is 11.4. The number of fused-ring (bicyclic) bond motifs is 1. The van der Waals surface area contributed by atoms with E-state index < -0.39 is 11.5 Å². The van der Waals surface area contributed by atoms with Crippen molar-refractivity contribution in [3.8, 4) is 0 Å². The molecule has 3 rings (SSSR count). The van der Waals surface area contributed by atoms with Crippen molar-refractivity contribution in [2.45, 2.75) is 20.8 Å². The van der Waals surface area contributed by atoms with Crippen molar-refractivity contribution in [2.24, 2.45) is 7.05 Å². The Bertz CT molecular complexity index is 1020. The molecule has 0 bridgehead atoms. The number of aryl methyl sites for hydroxylation is 4. The Morgan fingerprint density at radius 1 is 1.08 bits per heavy atom. The first-order valence-electron chi connectivity index (χ1n) is 7.73. The third kappa shape index (κ3) is 2.80. The van der Waals surface area contributed by atoms with Crippen molar-refractivity contribution in [2.75, 3.05) is 5.32 Å². The number of amides is 1. The van der Waals surface area contributed by atoms with Crippen LogP contribution in [0.25, 0.3) is 11.0 Å². The Hall–Kier alpha value is -2.95. The third-order valence-corrected chi connectivity index (χ3v) is 4.18. The average molecular weight is 321 g/mol. The van der Waals surface area contributed by atoms with Gasteiger partial charge < -0.3 is 9.88 Å². The lowest BCUT2D eigenvalue weighted by atomic mass is 10.1. The minimum absolute atomic E-state index is 0.102. The molecule has 24 heavy (non-hydrogen) atoms. The fourth-order valence-electron chi connectivity index (χ4n) is 2.64. The number of nitrogens with one attached hydrogen (secondary N) is 1. The summed E-state index contributed by atoms with van der Waals surface area (Å²) in [5.41, 5.74) is 4.66. The molecule has 3 aromatic rings. The normalized spacial score (nSPS) is 10.8. The second-order valence-electron chi connectivity index (χ2n) is 6.07. The summed E-state index contributed by atoms with van der Waals surface area (Å²) in [6.07, 6.45) is 0. The maximum atomic E-state index is 12.5. The number of carbonyl (C=O) groups is 1. The van der Waals surface area contributed by atoms with Gasteiger partial charge in [-0.3, -0.25) is 9.59 Å². The van der Waals surface area contributed by atoms with Crippen molar-refractivity contribution in [1.82, 2.24) is 9.55 Å². The predicted octanol–water partition coefficient (Wildman–Crippen LogP) is 3.11. The van der Waals surface area contributed by atoms with Crippen LogP contribution in [0.3, 0.4) is 0 Å². The zero-order chi connectivity index (χ0) is 17.4. The van der Waals surface area contributed by atoms with Crippen LogP contribution in [0.5, 0.6) is 0 Å². The van der Waals surface area contributed by atoms with Crippen molar-refractivity contribution in [1.29, 1.82) is 0 Å². The highest BCUT2D eigenvalue weighted by molar-refractivity contribution is 6.03. The smallest absolute Gasteiger partial charge is 0.282 e. The average Bonchev–Trinajstić information content (AvgIpc) is 2.53. The molecule has 5 heteroatoms. The molecule has 0 aliphatic rings. The highest BCUT2D eigenvalue weighted by Crippen LogP contribution is 2.17. The van der Waals surface area contributed by atoms with Gasteiger partial charge in [0.1, 0.15) is 0 Å². The molecule has 1 aromatic heterocycles. The van der Waals surface area contributed by atoms with Crippen LogP contribution < -0.4 is 10.9 Å². The number of hydrogen-bond acceptors (Lipinski definition) is 3. The fraction of sp³-hybridized carbons (Fsp3) is 0.211. The Balaban J connectivity index is 2.09. The van der Waals surface area contributed by atoms with Crippen molar-refractivity contribution < 1.29 is 4.79 Å². The lowest BCUT2D eigenvalue weighted by Crippen LogP contribution is -2.29. The van der Waals surface area contributed by atoms with Gasteiger partial charge >= 0.3 is 0 Å². The van der Waals surface area contributed by atoms with Gasteiger partial charge in [0.15, 0.2) is 5.69 Å². The van der Waals surface area contributed by atoms with Crippen molar-refractivity contribution in [3.63, 3.8) is 0 Å². The van der Waals surface area contributed by atoms with E-state index in [-0.39, 0.29) is 5.69 Å². The van der Waals surface area contributed by atoms with Gasteiger partial charge in [-0.15, -0.1) is 0 Å². The first kappa shape index (κ1) is 15.9. The highest BCUT2D eigenvalue weighted by atomic mass is 16.2. The summed E-state index contributed by atoms with van der Waals surface area (Å²) in [6.45, 7) is 5.90. The van der Waals surface area contributed by atoms with Gasteiger partial charge in [0.25, 0.3) is 11.5 Å². The van der Waals surface area contributed by atoms with Crippen LogP contribution in [0.2, 0.25) is 0 Å². The number of anilines is 1. The second kappa shape index (κ2) is 5.92. The van der Waals surface area contributed by atoms with Crippen LogP contribution in [0, 0.1) is 20.8 Å². The van der Waals surface area contributed by atoms with Gasteiger partial charge in [0.2, 0.25) is 0 Å². The van der Waals surface area contributed by atoms with Gasteiger partial charge in [0, 0.05) is 12.7 Å². The molecular formula is C19H19N3O2. The van der Waals surface area contributed by atoms with Crippen LogP contribution >= 0.6 is 0 Å². The highest BCUT2D eigenvalue weighted by Gasteiger charge is 2.17. The number of benzene rings is 2. The molecule has 122 valence electrons. The van der Waals surface area contributed by atoms with Gasteiger partial charge in [-0.05, 0) is 61.7 Å². The van der Waals surface area contributed by atoms with Crippen molar-refractivity contribution >= 4 is 22.6 Å². The SMILES string of the molecule is Cc1cccc(NC(=O)c2nc3cc(C)c(C)cc3n(C)c2=O)c1. The number of aromatic nitrogens is 2. The molecule has 0 saturated carbocycles. The molecule has 0 saturated heterocycles. The summed E-state index contributed by atoms with van der Waals surface area (Å²) in [7, 11) is 1.66. The monoisotopic (exact) mass is 321 g/mol. The number of nitrogens with zero attached hydrogens (tertiary/aromatic N) is 2. The summed E-state index contributed by atoms with van der Waals surface area (Å²) in [6, 6.07) is 11.2. The molecule has 0 unspecified atom stereocenters. The van der Waals surface area contributed by atoms with Crippen LogP contribution in [0.1, 0.15) is 27.2 Å². The summed E-state index contributed by atoms with van der Waals surface area (Å²) in [5, 5.41) is 2.74. The van der Waals surface area contributed by atoms with E-state index in [2.05, 4.69) is 10.3 Å². The summed E-state index contributed by atoms with van der Waals surface area (Å²) in [4.78, 5) is 29.3. The lowest BCUT2D eigenvalue weighted by molar-refractivity contribution is 0.102. The van der Waals surface area contributed by atoms with Gasteiger partial charge in [-0.1, -0.05) is 12.1 Å². The number of rotatable bonds is 2. The molecule has 0 radical (unpaired) electrons. The first-order valence-corrected chi connectivity index (χ1v) is 7.73. The lowest BCUT2D eigenvalue weighted by Gasteiger charge is -2.11. The van der Waals surface area contributed by atoms with E-state index in [1.54, 1.807) is 13.1 Å². The second-order valence-corrected chi connectivity index (χ2v) is 6.07. The molecule has 0 spiro atoms. The largest absolute Gasteiger partial charge is 0.320 e. The Labute approximate surface area is 140 Å². The van der Waals surface area contributed by atoms with Crippen LogP contribution in [-0.4, -0.2) is 15.5 Å². The standard InChI is InChI=1S/C19H19N3O2/c1-11-6-5-7-14(8-11)20-18(23)17-19(24)22(4)16-10-13(3)12(2)9-15(16)21-17/h5-10H,1-4H3,(H,20,23). The Kier molecular flexibility index (Phi) is 3.93. The summed E-state index contributed by atoms with van der Waals surface area (Å²) >= 11 is 0. The van der Waals surface area contributed by atoms with Crippen LogP contribution in [0.4, 0.5) is 5.69 Å². The van der Waals surface area contributed by atoms with E-state index in [1.807, 2.05) is 51.1 Å². The molecule has 2 aromatic carbocycles. The topological polar surface area (TPSA) is 64.0 Å². The minimum Gasteiger partial charge on any atom is -0.320 e. The molecule has 5 nitrogen and oxygen atoms in total. The van der Waals surface area contributed by atoms with E-state index >= 15 is 0 Å². The molecule has 0 aliphatic carbocycles. The quantitative estimate of drug-likeness (QED) is 0.789. The predicted molar refractivity (Wildman–Crippen MR) is 95.6 cm³/mol. The van der Waals surface area contributed by atoms with Gasteiger partial charge in [-0.2, -0.15) is 0 Å². The summed E-state index contributed by atoms with van der Waals surface area (Å²) in [5.74, 6) is -0.499. The minimum atomic E-state index is -0.499. The van der Waals surface area contributed by atoms with Crippen molar-refractivity contribution in [3.05, 3.63) is 69.1 Å². The van der Waals surface area contributed by atoms with E-state index in [0.29, 0.717) is 11.2 Å². The molecule has 1 amide bonds. The number of carbonyl (C=O) groups excluding carboxylic acids is 1. The van der Waals surface area contributed by atoms with E-state index in [4.69, 9.17) is 0 Å². The van der Waals surface area contributed by atoms with Gasteiger partial charge in [-0.25, -0.2) is 4.98 Å². The summed E-state index contributed by atoms with van der Waals surface area (Å²) < 4.78 is 1.47. The molecule has 1 N–H and O–H groups in total. The molecule has 0 atom stereocenters. The molecular weight excluding hydrogens is 302 g/mol. The van der Waals surface area contributed by atoms with E-state index in [1.165, 1.54) is 4.57 Å². The van der Waals surface area contributed by atoms with Crippen LogP contribution in [-0.2, 0) is 7.05 Å². The molecule has 1 heterocycles. The third-order valence-electron chi connectivity index (χ3n) is 4.18. The van der Waals surface area contributed by atoms with E-state index in [9.17, 15) is 9.59 Å². The maximum Gasteiger partial charge on any atom is 0.282 e. The zero-order valence-electron chi connectivity index (χ0n) is 14.2. The molecule has 0 fully saturated rings. The van der Waals surface area contributed by atoms with Gasteiger partial charge in [0.05, 0.1) is 11.0 Å². The maximum absolute atomic E-state index is 12.5.